The van der Waals surface area contributed by atoms with E-state index in [1.165, 1.54) is 12.4 Å². The smallest absolute Gasteiger partial charge is 0.333 e. The maximum absolute atomic E-state index is 13.2. The summed E-state index contributed by atoms with van der Waals surface area (Å²) in [5, 5.41) is 33.0. The molecule has 12 heteroatoms. The van der Waals surface area contributed by atoms with Crippen molar-refractivity contribution in [1.29, 1.82) is 0 Å². The zero-order valence-corrected chi connectivity index (χ0v) is 18.9. The lowest BCUT2D eigenvalue weighted by Crippen LogP contribution is -2.36. The predicted molar refractivity (Wildman–Crippen MR) is 122 cm³/mol. The van der Waals surface area contributed by atoms with Crippen LogP contribution in [0.4, 0.5) is 5.69 Å². The summed E-state index contributed by atoms with van der Waals surface area (Å²) in [7, 11) is -4.17. The highest BCUT2D eigenvalue weighted by molar-refractivity contribution is 7.84. The van der Waals surface area contributed by atoms with Crippen LogP contribution in [0.5, 0.6) is 0 Å². The van der Waals surface area contributed by atoms with Gasteiger partial charge in [0.1, 0.15) is 11.8 Å². The SMILES string of the molecule is NS(=O)(=O)OCC1CC(Nc2ccncc2C(=O)c2ccn(Cc3ccccc3)n2)C(O)C1O. The summed E-state index contributed by atoms with van der Waals surface area (Å²) < 4.78 is 28.3. The van der Waals surface area contributed by atoms with Gasteiger partial charge in [0.25, 0.3) is 0 Å². The van der Waals surface area contributed by atoms with Crippen molar-refractivity contribution >= 4 is 21.8 Å². The second kappa shape index (κ2) is 9.99. The van der Waals surface area contributed by atoms with Crippen molar-refractivity contribution in [2.24, 2.45) is 11.1 Å². The fraction of sp³-hybridized carbons (Fsp3) is 0.318. The Morgan fingerprint density at radius 1 is 1.18 bits per heavy atom. The fourth-order valence-corrected chi connectivity index (χ4v) is 4.36. The second-order valence-electron chi connectivity index (χ2n) is 8.14. The first kappa shape index (κ1) is 24.0. The van der Waals surface area contributed by atoms with Gasteiger partial charge in [0.05, 0.1) is 30.9 Å². The van der Waals surface area contributed by atoms with Gasteiger partial charge in [-0.2, -0.15) is 13.5 Å². The third kappa shape index (κ3) is 5.66. The number of hydrogen-bond donors (Lipinski definition) is 4. The van der Waals surface area contributed by atoms with Crippen molar-refractivity contribution in [3.8, 4) is 0 Å². The molecule has 180 valence electrons. The first-order valence-corrected chi connectivity index (χ1v) is 12.0. The molecule has 1 saturated carbocycles. The van der Waals surface area contributed by atoms with Gasteiger partial charge in [-0.1, -0.05) is 30.3 Å². The predicted octanol–water partition coefficient (Wildman–Crippen LogP) is 0.300. The van der Waals surface area contributed by atoms with Gasteiger partial charge in [0.15, 0.2) is 0 Å². The third-order valence-corrected chi connectivity index (χ3v) is 6.18. The first-order chi connectivity index (χ1) is 16.2. The molecule has 11 nitrogen and oxygen atoms in total. The molecule has 34 heavy (non-hydrogen) atoms. The second-order valence-corrected chi connectivity index (χ2v) is 9.36. The van der Waals surface area contributed by atoms with E-state index in [0.29, 0.717) is 12.2 Å². The molecule has 0 amide bonds. The number of rotatable bonds is 9. The normalized spacial score (nSPS) is 22.6. The van der Waals surface area contributed by atoms with Crippen LogP contribution in [0.25, 0.3) is 0 Å². The Balaban J connectivity index is 1.47. The molecule has 4 rings (SSSR count). The van der Waals surface area contributed by atoms with E-state index >= 15 is 0 Å². The van der Waals surface area contributed by atoms with Crippen molar-refractivity contribution in [2.45, 2.75) is 31.2 Å². The van der Waals surface area contributed by atoms with Gasteiger partial charge in [-0.05, 0) is 24.1 Å². The van der Waals surface area contributed by atoms with Gasteiger partial charge in [0, 0.05) is 30.2 Å². The van der Waals surface area contributed by atoms with E-state index < -0.39 is 34.5 Å². The number of hydrogen-bond acceptors (Lipinski definition) is 9. The third-order valence-electron chi connectivity index (χ3n) is 5.72. The number of nitrogens with zero attached hydrogens (tertiary/aromatic N) is 3. The Hall–Kier alpha value is -3.16. The number of carbonyl (C=O) groups is 1. The summed E-state index contributed by atoms with van der Waals surface area (Å²) >= 11 is 0. The summed E-state index contributed by atoms with van der Waals surface area (Å²) in [5.74, 6) is -1.02. The number of benzene rings is 1. The first-order valence-electron chi connectivity index (χ1n) is 10.6. The van der Waals surface area contributed by atoms with Gasteiger partial charge in [-0.25, -0.2) is 5.14 Å². The minimum atomic E-state index is -4.17. The molecule has 1 fully saturated rings. The van der Waals surface area contributed by atoms with E-state index in [2.05, 4.69) is 19.6 Å². The van der Waals surface area contributed by atoms with Crippen LogP contribution in [-0.4, -0.2) is 64.0 Å². The van der Waals surface area contributed by atoms with Crippen LogP contribution in [0.2, 0.25) is 0 Å². The van der Waals surface area contributed by atoms with Gasteiger partial charge in [0.2, 0.25) is 5.78 Å². The monoisotopic (exact) mass is 487 g/mol. The van der Waals surface area contributed by atoms with Crippen molar-refractivity contribution in [3.05, 3.63) is 77.9 Å². The lowest BCUT2D eigenvalue weighted by molar-refractivity contribution is 0.00781. The Morgan fingerprint density at radius 3 is 2.68 bits per heavy atom. The Labute approximate surface area is 196 Å². The van der Waals surface area contributed by atoms with Gasteiger partial charge >= 0.3 is 10.3 Å². The average molecular weight is 488 g/mol. The fourth-order valence-electron chi connectivity index (χ4n) is 4.00. The molecule has 2 heterocycles. The number of aromatic nitrogens is 3. The molecule has 0 spiro atoms. The molecule has 3 aromatic rings. The zero-order valence-electron chi connectivity index (χ0n) is 18.1. The highest BCUT2D eigenvalue weighted by Gasteiger charge is 2.42. The lowest BCUT2D eigenvalue weighted by Gasteiger charge is -2.20. The minimum absolute atomic E-state index is 0.194. The summed E-state index contributed by atoms with van der Waals surface area (Å²) in [5.41, 5.74) is 1.93. The number of aliphatic hydroxyl groups is 2. The molecule has 0 radical (unpaired) electrons. The van der Waals surface area contributed by atoms with Gasteiger partial charge < -0.3 is 15.5 Å². The van der Waals surface area contributed by atoms with Crippen LogP contribution in [0.3, 0.4) is 0 Å². The van der Waals surface area contributed by atoms with Crippen molar-refractivity contribution in [2.75, 3.05) is 11.9 Å². The standard InChI is InChI=1S/C22H25N5O6S/c23-34(31,32)33-13-15-10-19(22(30)20(15)28)25-17-6-8-24-11-16(17)21(29)18-7-9-27(26-18)12-14-4-2-1-3-5-14/h1-9,11,15,19-20,22,28,30H,10,12-13H2,(H,24,25)(H2,23,31,32). The van der Waals surface area contributed by atoms with Crippen molar-refractivity contribution in [3.63, 3.8) is 0 Å². The van der Waals surface area contributed by atoms with Crippen LogP contribution >= 0.6 is 0 Å². The number of aliphatic hydroxyl groups excluding tert-OH is 2. The Kier molecular flexibility index (Phi) is 7.05. The molecule has 1 aliphatic carbocycles. The highest BCUT2D eigenvalue weighted by atomic mass is 32.2. The molecule has 0 saturated heterocycles. The molecule has 0 bridgehead atoms. The van der Waals surface area contributed by atoms with E-state index in [0.717, 1.165) is 5.56 Å². The molecule has 5 N–H and O–H groups in total. The lowest BCUT2D eigenvalue weighted by atomic mass is 10.1. The Bertz CT molecular complexity index is 1250. The molecular formula is C22H25N5O6S. The van der Waals surface area contributed by atoms with Crippen molar-refractivity contribution in [1.82, 2.24) is 14.8 Å². The molecule has 2 aromatic heterocycles. The van der Waals surface area contributed by atoms with E-state index in [-0.39, 0.29) is 30.1 Å². The number of pyridine rings is 1. The molecular weight excluding hydrogens is 462 g/mol. The molecule has 1 aliphatic rings. The number of anilines is 1. The maximum atomic E-state index is 13.2. The van der Waals surface area contributed by atoms with Gasteiger partial charge in [-0.3, -0.25) is 18.6 Å². The summed E-state index contributed by atoms with van der Waals surface area (Å²) in [6, 6.07) is 12.3. The summed E-state index contributed by atoms with van der Waals surface area (Å²) in [6.45, 7) is 0.149. The topological polar surface area (TPSA) is 170 Å². The summed E-state index contributed by atoms with van der Waals surface area (Å²) in [6.07, 6.45) is 2.37. The van der Waals surface area contributed by atoms with Crippen LogP contribution in [-0.2, 0) is 21.0 Å². The number of carbonyl (C=O) groups excluding carboxylic acids is 1. The highest BCUT2D eigenvalue weighted by Crippen LogP contribution is 2.31. The number of nitrogens with two attached hydrogens (primary N) is 1. The van der Waals surface area contributed by atoms with E-state index in [9.17, 15) is 23.4 Å². The molecule has 0 aliphatic heterocycles. The van der Waals surface area contributed by atoms with Crippen LogP contribution in [0.15, 0.2) is 61.1 Å². The number of nitrogens with one attached hydrogen (secondary N) is 1. The van der Waals surface area contributed by atoms with E-state index in [1.807, 2.05) is 30.3 Å². The van der Waals surface area contributed by atoms with E-state index in [4.69, 9.17) is 5.14 Å². The van der Waals surface area contributed by atoms with Gasteiger partial charge in [-0.15, -0.1) is 0 Å². The minimum Gasteiger partial charge on any atom is -0.390 e. The summed E-state index contributed by atoms with van der Waals surface area (Å²) in [4.78, 5) is 17.2. The van der Waals surface area contributed by atoms with E-state index in [1.54, 1.807) is 23.0 Å². The quantitative estimate of drug-likeness (QED) is 0.310. The zero-order chi connectivity index (χ0) is 24.3. The maximum Gasteiger partial charge on any atom is 0.333 e. The largest absolute Gasteiger partial charge is 0.390 e. The molecule has 4 unspecified atom stereocenters. The molecule has 1 aromatic carbocycles. The number of ketones is 1. The van der Waals surface area contributed by atoms with Crippen molar-refractivity contribution < 1.29 is 27.6 Å². The van der Waals surface area contributed by atoms with Crippen LogP contribution in [0.1, 0.15) is 28.0 Å². The van der Waals surface area contributed by atoms with Crippen LogP contribution < -0.4 is 10.5 Å². The average Bonchev–Trinajstić information content (AvgIpc) is 3.38. The molecule has 4 atom stereocenters. The van der Waals surface area contributed by atoms with Crippen LogP contribution in [0, 0.1) is 5.92 Å². The Morgan fingerprint density at radius 2 is 1.94 bits per heavy atom.